The molecule has 1 aromatic carbocycles. The van der Waals surface area contributed by atoms with Gasteiger partial charge in [0.05, 0.1) is 6.10 Å². The van der Waals surface area contributed by atoms with Crippen molar-refractivity contribution in [2.24, 2.45) is 10.9 Å². The van der Waals surface area contributed by atoms with E-state index >= 15 is 0 Å². The molecule has 5 nitrogen and oxygen atoms in total. The van der Waals surface area contributed by atoms with Gasteiger partial charge in [0.2, 0.25) is 0 Å². The van der Waals surface area contributed by atoms with E-state index < -0.39 is 0 Å². The molecule has 0 radical (unpaired) electrons. The molecule has 0 saturated carbocycles. The van der Waals surface area contributed by atoms with Crippen LogP contribution in [0.3, 0.4) is 0 Å². The fraction of sp³-hybridized carbons (Fsp3) is 0.632. The lowest BCUT2D eigenvalue weighted by Gasteiger charge is -2.19. The second kappa shape index (κ2) is 15.4. The predicted octanol–water partition coefficient (Wildman–Crippen LogP) is 3.35. The van der Waals surface area contributed by atoms with Crippen LogP contribution in [0, 0.1) is 5.92 Å². The molecule has 1 rings (SSSR count). The summed E-state index contributed by atoms with van der Waals surface area (Å²) in [7, 11) is 1.72. The summed E-state index contributed by atoms with van der Waals surface area (Å²) in [6.45, 7) is 6.65. The number of hydrogen-bond donors (Lipinski definition) is 3. The lowest BCUT2D eigenvalue weighted by molar-refractivity contribution is 0.106. The number of methoxy groups -OCH3 is 1. The summed E-state index contributed by atoms with van der Waals surface area (Å²) in [6, 6.07) is 10.2. The Morgan fingerprint density at radius 1 is 1.16 bits per heavy atom. The normalized spacial score (nSPS) is 13.7. The molecular weight excluding hydrogens is 429 g/mol. The standard InChI is InChI=1S/C19H33N3O2.HI/c1-4-9-16(12-13-23)14-21-19(20-5-2)22-15-18(24-3)17-10-7-6-8-11-17;/h6-8,10-11,16,18,23H,4-5,9,12-15H2,1-3H3,(H2,20,21,22);1H. The zero-order valence-corrected chi connectivity index (χ0v) is 18.0. The second-order valence-corrected chi connectivity index (χ2v) is 5.90. The summed E-state index contributed by atoms with van der Waals surface area (Å²) >= 11 is 0. The number of guanidine groups is 1. The number of nitrogens with one attached hydrogen (secondary N) is 2. The Morgan fingerprint density at radius 2 is 1.88 bits per heavy atom. The first-order valence-corrected chi connectivity index (χ1v) is 8.95. The van der Waals surface area contributed by atoms with Crippen molar-refractivity contribution in [2.75, 3.05) is 33.4 Å². The third-order valence-electron chi connectivity index (χ3n) is 4.00. The van der Waals surface area contributed by atoms with E-state index in [4.69, 9.17) is 9.84 Å². The van der Waals surface area contributed by atoms with Crippen LogP contribution in [0.4, 0.5) is 0 Å². The smallest absolute Gasteiger partial charge is 0.191 e. The summed E-state index contributed by atoms with van der Waals surface area (Å²) in [6.07, 6.45) is 3.00. The molecule has 25 heavy (non-hydrogen) atoms. The van der Waals surface area contributed by atoms with Gasteiger partial charge in [0.25, 0.3) is 0 Å². The number of benzene rings is 1. The minimum Gasteiger partial charge on any atom is -0.396 e. The molecular formula is C19H34IN3O2. The fourth-order valence-electron chi connectivity index (χ4n) is 2.67. The first-order valence-electron chi connectivity index (χ1n) is 8.95. The molecule has 1 aromatic rings. The first kappa shape index (κ1) is 24.1. The van der Waals surface area contributed by atoms with Crippen molar-refractivity contribution in [2.45, 2.75) is 39.2 Å². The molecule has 0 bridgehead atoms. The van der Waals surface area contributed by atoms with Crippen LogP contribution < -0.4 is 10.6 Å². The minimum absolute atomic E-state index is 0. The SMILES string of the molecule is CCCC(CCO)CN=C(NCC)NCC(OC)c1ccccc1.I. The topological polar surface area (TPSA) is 65.9 Å². The molecule has 0 spiro atoms. The van der Waals surface area contributed by atoms with Crippen LogP contribution in [0.15, 0.2) is 35.3 Å². The van der Waals surface area contributed by atoms with Crippen molar-refractivity contribution in [1.82, 2.24) is 10.6 Å². The van der Waals surface area contributed by atoms with E-state index in [0.717, 1.165) is 43.9 Å². The van der Waals surface area contributed by atoms with Gasteiger partial charge in [-0.25, -0.2) is 0 Å². The van der Waals surface area contributed by atoms with Gasteiger partial charge >= 0.3 is 0 Å². The number of aliphatic imine (C=N–C) groups is 1. The van der Waals surface area contributed by atoms with Crippen LogP contribution >= 0.6 is 24.0 Å². The van der Waals surface area contributed by atoms with Crippen molar-refractivity contribution in [3.05, 3.63) is 35.9 Å². The van der Waals surface area contributed by atoms with Gasteiger partial charge in [0.1, 0.15) is 0 Å². The highest BCUT2D eigenvalue weighted by atomic mass is 127. The molecule has 2 unspecified atom stereocenters. The van der Waals surface area contributed by atoms with Gasteiger partial charge in [-0.05, 0) is 31.2 Å². The Labute approximate surface area is 169 Å². The lowest BCUT2D eigenvalue weighted by atomic mass is 10.0. The predicted molar refractivity (Wildman–Crippen MR) is 116 cm³/mol. The summed E-state index contributed by atoms with van der Waals surface area (Å²) in [5.74, 6) is 1.23. The zero-order valence-electron chi connectivity index (χ0n) is 15.7. The molecule has 0 amide bonds. The Morgan fingerprint density at radius 3 is 2.44 bits per heavy atom. The Balaban J connectivity index is 0.00000576. The van der Waals surface area contributed by atoms with Crippen LogP contribution in [0.25, 0.3) is 0 Å². The molecule has 0 heterocycles. The third-order valence-corrected chi connectivity index (χ3v) is 4.00. The monoisotopic (exact) mass is 463 g/mol. The number of hydrogen-bond acceptors (Lipinski definition) is 3. The van der Waals surface area contributed by atoms with Gasteiger partial charge in [0.15, 0.2) is 5.96 Å². The average Bonchev–Trinajstić information content (AvgIpc) is 2.61. The van der Waals surface area contributed by atoms with E-state index in [1.165, 1.54) is 0 Å². The minimum atomic E-state index is -0.0149. The summed E-state index contributed by atoms with van der Waals surface area (Å²) < 4.78 is 5.59. The number of ether oxygens (including phenoxy) is 1. The summed E-state index contributed by atoms with van der Waals surface area (Å²) in [5, 5.41) is 15.8. The van der Waals surface area contributed by atoms with Crippen LogP contribution in [0.5, 0.6) is 0 Å². The van der Waals surface area contributed by atoms with Crippen LogP contribution in [-0.4, -0.2) is 44.4 Å². The van der Waals surface area contributed by atoms with E-state index in [9.17, 15) is 0 Å². The van der Waals surface area contributed by atoms with Gasteiger partial charge in [-0.2, -0.15) is 0 Å². The lowest BCUT2D eigenvalue weighted by Crippen LogP contribution is -2.40. The maximum atomic E-state index is 9.17. The van der Waals surface area contributed by atoms with Gasteiger partial charge in [-0.3, -0.25) is 4.99 Å². The largest absolute Gasteiger partial charge is 0.396 e. The van der Waals surface area contributed by atoms with E-state index in [2.05, 4.69) is 41.6 Å². The van der Waals surface area contributed by atoms with Crippen LogP contribution in [0.2, 0.25) is 0 Å². The van der Waals surface area contributed by atoms with Gasteiger partial charge in [0, 0.05) is 33.4 Å². The summed E-state index contributed by atoms with van der Waals surface area (Å²) in [5.41, 5.74) is 1.15. The van der Waals surface area contributed by atoms with Gasteiger partial charge < -0.3 is 20.5 Å². The second-order valence-electron chi connectivity index (χ2n) is 5.90. The average molecular weight is 463 g/mol. The van der Waals surface area contributed by atoms with Crippen molar-refractivity contribution in [3.63, 3.8) is 0 Å². The molecule has 6 heteroatoms. The number of aliphatic hydroxyl groups excluding tert-OH is 1. The Hall–Kier alpha value is -0.860. The van der Waals surface area contributed by atoms with Crippen molar-refractivity contribution in [3.8, 4) is 0 Å². The van der Waals surface area contributed by atoms with Gasteiger partial charge in [-0.15, -0.1) is 24.0 Å². The zero-order chi connectivity index (χ0) is 17.6. The van der Waals surface area contributed by atoms with E-state index in [-0.39, 0.29) is 36.7 Å². The molecule has 144 valence electrons. The molecule has 0 aliphatic carbocycles. The maximum absolute atomic E-state index is 9.17. The fourth-order valence-corrected chi connectivity index (χ4v) is 2.67. The van der Waals surface area contributed by atoms with Crippen LogP contribution in [-0.2, 0) is 4.74 Å². The van der Waals surface area contributed by atoms with E-state index in [0.29, 0.717) is 12.5 Å². The number of halogens is 1. The Kier molecular flexibility index (Phi) is 14.9. The molecule has 0 saturated heterocycles. The van der Waals surface area contributed by atoms with Crippen molar-refractivity contribution >= 4 is 29.9 Å². The molecule has 3 N–H and O–H groups in total. The third kappa shape index (κ3) is 10.0. The maximum Gasteiger partial charge on any atom is 0.191 e. The highest BCUT2D eigenvalue weighted by Gasteiger charge is 2.11. The molecule has 0 aliphatic heterocycles. The van der Waals surface area contributed by atoms with E-state index in [1.54, 1.807) is 7.11 Å². The number of aliphatic hydroxyl groups is 1. The van der Waals surface area contributed by atoms with Crippen molar-refractivity contribution in [1.29, 1.82) is 0 Å². The van der Waals surface area contributed by atoms with Gasteiger partial charge in [-0.1, -0.05) is 43.7 Å². The highest BCUT2D eigenvalue weighted by Crippen LogP contribution is 2.15. The number of rotatable bonds is 11. The van der Waals surface area contributed by atoms with Crippen LogP contribution in [0.1, 0.15) is 44.8 Å². The number of nitrogens with zero attached hydrogens (tertiary/aromatic N) is 1. The van der Waals surface area contributed by atoms with Crippen molar-refractivity contribution < 1.29 is 9.84 Å². The first-order chi connectivity index (χ1) is 11.7. The molecule has 0 fully saturated rings. The van der Waals surface area contributed by atoms with E-state index in [1.807, 2.05) is 18.2 Å². The quantitative estimate of drug-likeness (QED) is 0.268. The highest BCUT2D eigenvalue weighted by molar-refractivity contribution is 14.0. The molecule has 0 aromatic heterocycles. The molecule has 2 atom stereocenters. The Bertz CT molecular complexity index is 451. The summed E-state index contributed by atoms with van der Waals surface area (Å²) in [4.78, 5) is 4.68. The molecule has 0 aliphatic rings.